The Labute approximate surface area is 188 Å². The monoisotopic (exact) mass is 430 g/mol. The molecule has 0 saturated carbocycles. The van der Waals surface area contributed by atoms with Crippen LogP contribution in [0.2, 0.25) is 0 Å². The molecule has 0 saturated heterocycles. The number of carbonyl (C=O) groups is 2. The molecule has 0 aliphatic carbocycles. The Morgan fingerprint density at radius 1 is 1.00 bits per heavy atom. The number of hydrogen-bond acceptors (Lipinski definition) is 3. The van der Waals surface area contributed by atoms with E-state index in [2.05, 4.69) is 17.1 Å². The molecule has 1 heterocycles. The molecule has 5 nitrogen and oxygen atoms in total. The van der Waals surface area contributed by atoms with Gasteiger partial charge >= 0.3 is 5.97 Å². The van der Waals surface area contributed by atoms with Crippen molar-refractivity contribution in [3.05, 3.63) is 22.3 Å². The summed E-state index contributed by atoms with van der Waals surface area (Å²) in [4.78, 5) is 26.8. The lowest BCUT2D eigenvalue weighted by molar-refractivity contribution is -0.136. The second kappa shape index (κ2) is 11.0. The quantitative estimate of drug-likeness (QED) is 0.421. The van der Waals surface area contributed by atoms with Crippen LogP contribution < -0.4 is 10.2 Å². The van der Waals surface area contributed by atoms with Crippen LogP contribution in [0.15, 0.2) is 0 Å². The Balaban J connectivity index is 2.27. The van der Waals surface area contributed by atoms with Crippen LogP contribution in [-0.2, 0) is 22.4 Å². The summed E-state index contributed by atoms with van der Waals surface area (Å²) in [5.74, 6) is -0.872. The highest BCUT2D eigenvalue weighted by molar-refractivity contribution is 6.00. The average Bonchev–Trinajstić information content (AvgIpc) is 3.10. The number of carboxylic acid groups (broad SMARTS) is 1. The third-order valence-electron chi connectivity index (χ3n) is 6.48. The highest BCUT2D eigenvalue weighted by Crippen LogP contribution is 2.43. The molecule has 31 heavy (non-hydrogen) atoms. The molecule has 0 fully saturated rings. The number of rotatable bonds is 11. The summed E-state index contributed by atoms with van der Waals surface area (Å²) in [5, 5.41) is 12.6. The molecule has 1 aliphatic heterocycles. The predicted molar refractivity (Wildman–Crippen MR) is 129 cm³/mol. The lowest BCUT2D eigenvalue weighted by Crippen LogP contribution is -2.30. The Hall–Kier alpha value is -2.04. The minimum atomic E-state index is -0.836. The molecule has 2 rings (SSSR count). The van der Waals surface area contributed by atoms with E-state index in [-0.39, 0.29) is 12.3 Å². The third kappa shape index (κ3) is 6.47. The van der Waals surface area contributed by atoms with Gasteiger partial charge in [-0.3, -0.25) is 9.59 Å². The summed E-state index contributed by atoms with van der Waals surface area (Å²) in [6.45, 7) is 13.9. The molecule has 0 spiro atoms. The van der Waals surface area contributed by atoms with Crippen LogP contribution in [0.25, 0.3) is 0 Å². The van der Waals surface area contributed by atoms with E-state index in [1.807, 2.05) is 34.6 Å². The number of carboxylic acids is 1. The molecule has 0 bridgehead atoms. The van der Waals surface area contributed by atoms with E-state index < -0.39 is 11.4 Å². The molecule has 1 aliphatic rings. The zero-order valence-corrected chi connectivity index (χ0v) is 20.5. The average molecular weight is 431 g/mol. The summed E-state index contributed by atoms with van der Waals surface area (Å²) >= 11 is 0. The number of fused-ring (bicyclic) bond motifs is 1. The summed E-state index contributed by atoms with van der Waals surface area (Å²) in [6, 6.07) is 0. The van der Waals surface area contributed by atoms with Crippen LogP contribution in [0, 0.1) is 19.3 Å². The Bertz CT molecular complexity index is 793. The fourth-order valence-electron chi connectivity index (χ4n) is 4.49. The van der Waals surface area contributed by atoms with Crippen molar-refractivity contribution in [3.8, 4) is 0 Å². The number of nitrogens with one attached hydrogen (secondary N) is 1. The van der Waals surface area contributed by atoms with Crippen LogP contribution >= 0.6 is 0 Å². The Morgan fingerprint density at radius 2 is 1.61 bits per heavy atom. The molecule has 0 unspecified atom stereocenters. The van der Waals surface area contributed by atoms with Crippen molar-refractivity contribution in [1.82, 2.24) is 0 Å². The highest BCUT2D eigenvalue weighted by atomic mass is 16.4. The summed E-state index contributed by atoms with van der Waals surface area (Å²) < 4.78 is 0. The fourth-order valence-corrected chi connectivity index (χ4v) is 4.49. The van der Waals surface area contributed by atoms with Gasteiger partial charge in [0.25, 0.3) is 0 Å². The second-order valence-electron chi connectivity index (χ2n) is 10.1. The van der Waals surface area contributed by atoms with Crippen LogP contribution in [0.5, 0.6) is 0 Å². The van der Waals surface area contributed by atoms with E-state index in [1.165, 1.54) is 44.1 Å². The molecule has 0 atom stereocenters. The van der Waals surface area contributed by atoms with Gasteiger partial charge < -0.3 is 15.3 Å². The SMILES string of the molecule is CCCCCCCCCN1CCc2c(C)c(CC(=O)O)c(C)c(NC(=O)C(C)(C)C)c21. The number of aliphatic carboxylic acids is 1. The van der Waals surface area contributed by atoms with E-state index in [0.717, 1.165) is 54.0 Å². The van der Waals surface area contributed by atoms with Gasteiger partial charge in [-0.25, -0.2) is 0 Å². The largest absolute Gasteiger partial charge is 0.481 e. The molecule has 5 heteroatoms. The molecule has 1 amide bonds. The van der Waals surface area contributed by atoms with E-state index in [1.54, 1.807) is 0 Å². The van der Waals surface area contributed by atoms with Crippen LogP contribution in [0.3, 0.4) is 0 Å². The van der Waals surface area contributed by atoms with Gasteiger partial charge in [-0.1, -0.05) is 66.2 Å². The lowest BCUT2D eigenvalue weighted by atomic mass is 9.90. The molecular weight excluding hydrogens is 388 g/mol. The van der Waals surface area contributed by atoms with Crippen molar-refractivity contribution in [1.29, 1.82) is 0 Å². The number of amides is 1. The maximum atomic E-state index is 12.9. The number of nitrogens with zero attached hydrogens (tertiary/aromatic N) is 1. The summed E-state index contributed by atoms with van der Waals surface area (Å²) in [5.41, 5.74) is 5.43. The van der Waals surface area contributed by atoms with Crippen molar-refractivity contribution >= 4 is 23.3 Å². The number of carbonyl (C=O) groups excluding carboxylic acids is 1. The maximum absolute atomic E-state index is 12.9. The van der Waals surface area contributed by atoms with E-state index in [0.29, 0.717) is 0 Å². The van der Waals surface area contributed by atoms with E-state index in [9.17, 15) is 14.7 Å². The minimum absolute atomic E-state index is 0.0128. The smallest absolute Gasteiger partial charge is 0.307 e. The predicted octanol–water partition coefficient (Wildman–Crippen LogP) is 6.03. The van der Waals surface area contributed by atoms with Crippen molar-refractivity contribution in [2.24, 2.45) is 5.41 Å². The van der Waals surface area contributed by atoms with Gasteiger partial charge in [0.1, 0.15) is 0 Å². The maximum Gasteiger partial charge on any atom is 0.307 e. The zero-order chi connectivity index (χ0) is 23.2. The van der Waals surface area contributed by atoms with Gasteiger partial charge in [-0.15, -0.1) is 0 Å². The molecule has 0 aromatic heterocycles. The van der Waals surface area contributed by atoms with Crippen LogP contribution in [-0.4, -0.2) is 30.1 Å². The van der Waals surface area contributed by atoms with Crippen molar-refractivity contribution in [2.45, 2.75) is 99.3 Å². The summed E-state index contributed by atoms with van der Waals surface area (Å²) in [6.07, 6.45) is 9.80. The van der Waals surface area contributed by atoms with Gasteiger partial charge in [0.2, 0.25) is 5.91 Å². The third-order valence-corrected chi connectivity index (χ3v) is 6.48. The number of anilines is 2. The van der Waals surface area contributed by atoms with Crippen molar-refractivity contribution in [2.75, 3.05) is 23.3 Å². The van der Waals surface area contributed by atoms with Crippen LogP contribution in [0.1, 0.15) is 94.9 Å². The first kappa shape index (κ1) is 25.2. The molecule has 2 N–H and O–H groups in total. The Morgan fingerprint density at radius 3 is 2.19 bits per heavy atom. The van der Waals surface area contributed by atoms with E-state index >= 15 is 0 Å². The van der Waals surface area contributed by atoms with Gasteiger partial charge in [-0.05, 0) is 48.9 Å². The van der Waals surface area contributed by atoms with Crippen molar-refractivity contribution < 1.29 is 14.7 Å². The topological polar surface area (TPSA) is 69.6 Å². The number of unbranched alkanes of at least 4 members (excludes halogenated alkanes) is 6. The highest BCUT2D eigenvalue weighted by Gasteiger charge is 2.31. The standard InChI is InChI=1S/C26H42N2O3/c1-7-8-9-10-11-12-13-15-28-16-14-20-18(2)21(17-22(29)30)19(3)23(24(20)28)27-25(31)26(4,5)6/h7-17H2,1-6H3,(H,27,31)(H,29,30). The molecule has 1 aromatic carbocycles. The molecule has 1 aromatic rings. The van der Waals surface area contributed by atoms with Gasteiger partial charge in [0.15, 0.2) is 0 Å². The zero-order valence-electron chi connectivity index (χ0n) is 20.5. The fraction of sp³-hybridized carbons (Fsp3) is 0.692. The first-order valence-corrected chi connectivity index (χ1v) is 12.0. The first-order valence-electron chi connectivity index (χ1n) is 12.0. The summed E-state index contributed by atoms with van der Waals surface area (Å²) in [7, 11) is 0. The second-order valence-corrected chi connectivity index (χ2v) is 10.1. The number of benzene rings is 1. The van der Waals surface area contributed by atoms with Gasteiger partial charge in [0.05, 0.1) is 17.8 Å². The number of hydrogen-bond donors (Lipinski definition) is 2. The molecular formula is C26H42N2O3. The first-order chi connectivity index (χ1) is 14.6. The molecule has 174 valence electrons. The van der Waals surface area contributed by atoms with Crippen molar-refractivity contribution in [3.63, 3.8) is 0 Å². The molecule has 0 radical (unpaired) electrons. The van der Waals surface area contributed by atoms with Gasteiger partial charge in [-0.2, -0.15) is 0 Å². The van der Waals surface area contributed by atoms with Crippen LogP contribution in [0.4, 0.5) is 11.4 Å². The Kier molecular flexibility index (Phi) is 8.96. The van der Waals surface area contributed by atoms with E-state index in [4.69, 9.17) is 0 Å². The lowest BCUT2D eigenvalue weighted by Gasteiger charge is -2.28. The normalized spacial score (nSPS) is 13.4. The minimum Gasteiger partial charge on any atom is -0.481 e. The van der Waals surface area contributed by atoms with Gasteiger partial charge in [0, 0.05) is 18.5 Å².